The van der Waals surface area contributed by atoms with Gasteiger partial charge >= 0.3 is 0 Å². The Labute approximate surface area is 119 Å². The Morgan fingerprint density at radius 2 is 1.75 bits per heavy atom. The van der Waals surface area contributed by atoms with Crippen LogP contribution in [0.2, 0.25) is 0 Å². The topological polar surface area (TPSA) is 23.5 Å². The minimum Gasteiger partial charge on any atom is -0.388 e. The molecule has 0 aromatic heterocycles. The van der Waals surface area contributed by atoms with Gasteiger partial charge in [-0.3, -0.25) is 0 Å². The number of aliphatic hydroxyl groups excluding tert-OH is 1. The summed E-state index contributed by atoms with van der Waals surface area (Å²) >= 11 is 0. The second-order valence-corrected chi connectivity index (χ2v) is 5.28. The highest BCUT2D eigenvalue weighted by molar-refractivity contribution is 5.46. The van der Waals surface area contributed by atoms with Crippen LogP contribution in [0, 0.1) is 12.7 Å². The van der Waals surface area contributed by atoms with E-state index in [0.29, 0.717) is 6.42 Å². The molecule has 0 radical (unpaired) electrons. The Balaban J connectivity index is 2.15. The van der Waals surface area contributed by atoms with E-state index in [-0.39, 0.29) is 5.82 Å². The molecule has 106 valence electrons. The van der Waals surface area contributed by atoms with Crippen molar-refractivity contribution in [2.75, 3.05) is 19.0 Å². The largest absolute Gasteiger partial charge is 0.388 e. The number of hydrogen-bond donors (Lipinski definition) is 1. The van der Waals surface area contributed by atoms with Crippen molar-refractivity contribution in [1.82, 2.24) is 0 Å². The van der Waals surface area contributed by atoms with Gasteiger partial charge in [0.2, 0.25) is 0 Å². The quantitative estimate of drug-likeness (QED) is 0.922. The van der Waals surface area contributed by atoms with Gasteiger partial charge in [0.15, 0.2) is 0 Å². The van der Waals surface area contributed by atoms with E-state index in [4.69, 9.17) is 0 Å². The van der Waals surface area contributed by atoms with Crippen LogP contribution in [0.3, 0.4) is 0 Å². The molecule has 1 unspecified atom stereocenters. The minimum atomic E-state index is -0.619. The lowest BCUT2D eigenvalue weighted by Gasteiger charge is -2.16. The summed E-state index contributed by atoms with van der Waals surface area (Å²) in [6.07, 6.45) is -0.197. The molecule has 2 nitrogen and oxygen atoms in total. The Kier molecular flexibility index (Phi) is 4.40. The molecule has 0 aliphatic heterocycles. The first-order chi connectivity index (χ1) is 9.47. The molecule has 0 bridgehead atoms. The normalized spacial score (nSPS) is 12.2. The zero-order valence-corrected chi connectivity index (χ0v) is 12.1. The second-order valence-electron chi connectivity index (χ2n) is 5.28. The van der Waals surface area contributed by atoms with Crippen molar-refractivity contribution in [3.63, 3.8) is 0 Å². The van der Waals surface area contributed by atoms with Crippen LogP contribution >= 0.6 is 0 Å². The van der Waals surface area contributed by atoms with Gasteiger partial charge in [-0.1, -0.05) is 18.2 Å². The predicted octanol–water partition coefficient (Wildman–Crippen LogP) is 3.48. The molecular weight excluding hydrogens is 253 g/mol. The summed E-state index contributed by atoms with van der Waals surface area (Å²) in [6, 6.07) is 12.4. The van der Waals surface area contributed by atoms with Gasteiger partial charge in [-0.25, -0.2) is 4.39 Å². The fourth-order valence-electron chi connectivity index (χ4n) is 2.18. The summed E-state index contributed by atoms with van der Waals surface area (Å²) in [5, 5.41) is 10.3. The van der Waals surface area contributed by atoms with Crippen molar-refractivity contribution in [3.05, 3.63) is 65.0 Å². The van der Waals surface area contributed by atoms with Crippen molar-refractivity contribution < 1.29 is 9.50 Å². The number of nitrogens with zero attached hydrogens (tertiary/aromatic N) is 1. The van der Waals surface area contributed by atoms with E-state index in [1.165, 1.54) is 12.1 Å². The summed E-state index contributed by atoms with van der Waals surface area (Å²) in [5.74, 6) is -0.263. The number of aliphatic hydroxyl groups is 1. The molecular formula is C17H20FNO. The smallest absolute Gasteiger partial charge is 0.123 e. The van der Waals surface area contributed by atoms with Crippen molar-refractivity contribution in [3.8, 4) is 0 Å². The maximum Gasteiger partial charge on any atom is 0.123 e. The van der Waals surface area contributed by atoms with Crippen LogP contribution in [0.25, 0.3) is 0 Å². The summed E-state index contributed by atoms with van der Waals surface area (Å²) < 4.78 is 13.3. The highest BCUT2D eigenvalue weighted by Gasteiger charge is 2.11. The molecule has 2 rings (SSSR count). The van der Waals surface area contributed by atoms with Crippen molar-refractivity contribution in [2.45, 2.75) is 19.4 Å². The van der Waals surface area contributed by atoms with Crippen LogP contribution in [-0.4, -0.2) is 19.2 Å². The molecule has 0 aliphatic rings. The van der Waals surface area contributed by atoms with Gasteiger partial charge in [-0.15, -0.1) is 0 Å². The Morgan fingerprint density at radius 1 is 1.10 bits per heavy atom. The molecule has 0 heterocycles. The van der Waals surface area contributed by atoms with E-state index in [1.807, 2.05) is 50.2 Å². The summed E-state index contributed by atoms with van der Waals surface area (Å²) in [4.78, 5) is 2.01. The number of rotatable bonds is 4. The van der Waals surface area contributed by atoms with Gasteiger partial charge in [-0.05, 0) is 47.9 Å². The Hall–Kier alpha value is -1.87. The van der Waals surface area contributed by atoms with Crippen LogP contribution in [0.5, 0.6) is 0 Å². The van der Waals surface area contributed by atoms with Gasteiger partial charge in [-0.2, -0.15) is 0 Å². The summed E-state index contributed by atoms with van der Waals surface area (Å²) in [6.45, 7) is 1.93. The average Bonchev–Trinajstić information content (AvgIpc) is 2.43. The van der Waals surface area contributed by atoms with Crippen LogP contribution in [0.15, 0.2) is 42.5 Å². The predicted molar refractivity (Wildman–Crippen MR) is 80.6 cm³/mol. The molecule has 1 atom stereocenters. The monoisotopic (exact) mass is 273 g/mol. The van der Waals surface area contributed by atoms with Crippen LogP contribution in [-0.2, 0) is 6.42 Å². The van der Waals surface area contributed by atoms with Crippen molar-refractivity contribution in [2.24, 2.45) is 0 Å². The maximum absolute atomic E-state index is 13.3. The molecule has 3 heteroatoms. The third-order valence-electron chi connectivity index (χ3n) is 3.52. The highest BCUT2D eigenvalue weighted by Crippen LogP contribution is 2.23. The fourth-order valence-corrected chi connectivity index (χ4v) is 2.18. The lowest BCUT2D eigenvalue weighted by molar-refractivity contribution is 0.178. The maximum atomic E-state index is 13.3. The van der Waals surface area contributed by atoms with Crippen LogP contribution < -0.4 is 4.90 Å². The number of aryl methyl sites for hydroxylation is 1. The molecule has 0 saturated heterocycles. The van der Waals surface area contributed by atoms with E-state index in [1.54, 1.807) is 6.07 Å². The summed E-state index contributed by atoms with van der Waals surface area (Å²) in [5.41, 5.74) is 3.77. The van der Waals surface area contributed by atoms with E-state index >= 15 is 0 Å². The van der Waals surface area contributed by atoms with Crippen LogP contribution in [0.1, 0.15) is 22.8 Å². The third-order valence-corrected chi connectivity index (χ3v) is 3.52. The van der Waals surface area contributed by atoms with Gasteiger partial charge in [0.1, 0.15) is 5.82 Å². The standard InChI is InChI=1S/C17H20FNO/c1-12-4-7-15(18)10-14(12)11-17(20)13-5-8-16(9-6-13)19(2)3/h4-10,17,20H,11H2,1-3H3. The number of hydrogen-bond acceptors (Lipinski definition) is 2. The average molecular weight is 273 g/mol. The molecule has 0 amide bonds. The number of halogens is 1. The Morgan fingerprint density at radius 3 is 2.35 bits per heavy atom. The van der Waals surface area contributed by atoms with Crippen molar-refractivity contribution in [1.29, 1.82) is 0 Å². The van der Waals surface area contributed by atoms with E-state index < -0.39 is 6.10 Å². The molecule has 2 aromatic carbocycles. The SMILES string of the molecule is Cc1ccc(F)cc1CC(O)c1ccc(N(C)C)cc1. The van der Waals surface area contributed by atoms with Crippen molar-refractivity contribution >= 4 is 5.69 Å². The lowest BCUT2D eigenvalue weighted by atomic mass is 9.98. The molecule has 1 N–H and O–H groups in total. The lowest BCUT2D eigenvalue weighted by Crippen LogP contribution is -2.09. The first kappa shape index (κ1) is 14.5. The van der Waals surface area contributed by atoms with E-state index in [2.05, 4.69) is 0 Å². The van der Waals surface area contributed by atoms with Gasteiger partial charge in [0.05, 0.1) is 6.10 Å². The molecule has 0 fully saturated rings. The van der Waals surface area contributed by atoms with Gasteiger partial charge < -0.3 is 10.0 Å². The Bertz CT molecular complexity index is 578. The number of benzene rings is 2. The molecule has 0 spiro atoms. The molecule has 2 aromatic rings. The zero-order valence-electron chi connectivity index (χ0n) is 12.1. The molecule has 0 aliphatic carbocycles. The fraction of sp³-hybridized carbons (Fsp3) is 0.294. The first-order valence-corrected chi connectivity index (χ1v) is 6.68. The third kappa shape index (κ3) is 3.36. The highest BCUT2D eigenvalue weighted by atomic mass is 19.1. The number of anilines is 1. The van der Waals surface area contributed by atoms with Gasteiger partial charge in [0, 0.05) is 26.2 Å². The van der Waals surface area contributed by atoms with E-state index in [0.717, 1.165) is 22.4 Å². The van der Waals surface area contributed by atoms with Gasteiger partial charge in [0.25, 0.3) is 0 Å². The molecule has 0 saturated carbocycles. The molecule has 20 heavy (non-hydrogen) atoms. The minimum absolute atomic E-state index is 0.263. The second kappa shape index (κ2) is 6.06. The summed E-state index contributed by atoms with van der Waals surface area (Å²) in [7, 11) is 3.95. The zero-order chi connectivity index (χ0) is 14.7. The van der Waals surface area contributed by atoms with E-state index in [9.17, 15) is 9.50 Å². The first-order valence-electron chi connectivity index (χ1n) is 6.68. The van der Waals surface area contributed by atoms with Crippen LogP contribution in [0.4, 0.5) is 10.1 Å².